The van der Waals surface area contributed by atoms with Crippen molar-refractivity contribution in [2.45, 2.75) is 46.8 Å². The molecule has 0 atom stereocenters. The summed E-state index contributed by atoms with van der Waals surface area (Å²) < 4.78 is 8.49. The van der Waals surface area contributed by atoms with E-state index in [1.807, 2.05) is 67.7 Å². The molecule has 0 spiro atoms. The first-order valence-corrected chi connectivity index (χ1v) is 22.3. The van der Waals surface area contributed by atoms with Gasteiger partial charge in [-0.25, -0.2) is 4.98 Å². The Morgan fingerprint density at radius 3 is 2.27 bits per heavy atom. The van der Waals surface area contributed by atoms with Gasteiger partial charge in [0.1, 0.15) is 5.82 Å². The Labute approximate surface area is 343 Å². The second-order valence-electron chi connectivity index (χ2n) is 15.3. The van der Waals surface area contributed by atoms with E-state index in [9.17, 15) is 0 Å². The van der Waals surface area contributed by atoms with Gasteiger partial charge in [0, 0.05) is 49.1 Å². The van der Waals surface area contributed by atoms with Gasteiger partial charge in [0.25, 0.3) is 0 Å². The molecule has 1 radical (unpaired) electrons. The van der Waals surface area contributed by atoms with Crippen molar-refractivity contribution in [3.05, 3.63) is 157 Å². The van der Waals surface area contributed by atoms with E-state index in [1.54, 1.807) is 0 Å². The average Bonchev–Trinajstić information content (AvgIpc) is 3.76. The first-order valence-electron chi connectivity index (χ1n) is 18.8. The van der Waals surface area contributed by atoms with Crippen LogP contribution >= 0.6 is 0 Å². The van der Waals surface area contributed by atoms with Gasteiger partial charge in [-0.05, 0) is 53.9 Å². The van der Waals surface area contributed by atoms with Crippen LogP contribution in [0.4, 0.5) is 0 Å². The maximum absolute atomic E-state index is 6.28. The van der Waals surface area contributed by atoms with Crippen molar-refractivity contribution in [1.29, 1.82) is 0 Å². The number of imidazole rings is 1. The Morgan fingerprint density at radius 2 is 1.50 bits per heavy atom. The van der Waals surface area contributed by atoms with E-state index in [1.165, 1.54) is 10.8 Å². The fourth-order valence-electron chi connectivity index (χ4n) is 7.23. The maximum Gasteiger partial charge on any atom is 0.219 e. The second-order valence-corrected chi connectivity index (χ2v) is 20.4. The molecule has 0 amide bonds. The van der Waals surface area contributed by atoms with E-state index >= 15 is 0 Å². The molecule has 9 rings (SSSR count). The van der Waals surface area contributed by atoms with Crippen LogP contribution in [0.2, 0.25) is 19.6 Å². The van der Waals surface area contributed by atoms with E-state index in [-0.39, 0.29) is 20.1 Å². The van der Waals surface area contributed by atoms with Crippen LogP contribution < -0.4 is 5.19 Å². The Balaban J connectivity index is 0.000000197. The first kappa shape index (κ1) is 38.7. The van der Waals surface area contributed by atoms with Gasteiger partial charge in [-0.1, -0.05) is 117 Å². The predicted molar refractivity (Wildman–Crippen MR) is 228 cm³/mol. The average molecular weight is 926 g/mol. The quantitative estimate of drug-likeness (QED) is 0.118. The monoisotopic (exact) mass is 926 g/mol. The molecular weight excluding hydrogens is 883 g/mol. The molecule has 0 aliphatic rings. The van der Waals surface area contributed by atoms with Gasteiger partial charge in [0.2, 0.25) is 5.71 Å². The van der Waals surface area contributed by atoms with Gasteiger partial charge in [-0.2, -0.15) is 4.98 Å². The summed E-state index contributed by atoms with van der Waals surface area (Å²) in [5.41, 5.74) is 10.9. The third kappa shape index (κ3) is 7.78. The van der Waals surface area contributed by atoms with Gasteiger partial charge in [0.05, 0.1) is 30.5 Å². The number of furan rings is 1. The van der Waals surface area contributed by atoms with Crippen molar-refractivity contribution in [3.8, 4) is 39.5 Å². The fraction of sp³-hybridized carbons (Fsp3) is 0.167. The van der Waals surface area contributed by atoms with Crippen LogP contribution in [0.3, 0.4) is 0 Å². The SMILES string of the molecule is CC(C)Cc1cc(-c2[c-]cccc2)ncc1[Si](C)(C)C.Cc1ncc2c(n1)oc1c(-c3nc4ccccc4n3-c3ccccc3-c3ccccc3)[c-]ccc12.[Ir]. The zero-order chi connectivity index (χ0) is 38.1. The van der Waals surface area contributed by atoms with Crippen molar-refractivity contribution in [1.82, 2.24) is 24.5 Å². The standard InChI is InChI=1S/C30H19N4O.C18H24NSi.Ir/c1-19-31-18-24-22-13-9-14-23(28(22)35-30(24)32-19)29-33-25-15-6-8-17-27(25)34(29)26-16-7-5-12-21(26)20-10-3-2-4-11-20;1-14(2)11-16-12-17(15-9-7-6-8-10-15)19-13-18(16)20(3,4)5;/h2-13,15-18H,1H3;6-9,12-14H,11H2,1-5H3;/q2*-1;. The number of hydrogen-bond acceptors (Lipinski definition) is 5. The Morgan fingerprint density at radius 1 is 0.750 bits per heavy atom. The van der Waals surface area contributed by atoms with Crippen molar-refractivity contribution >= 4 is 46.4 Å². The summed E-state index contributed by atoms with van der Waals surface area (Å²) in [6.07, 6.45) is 5.06. The molecule has 4 aromatic heterocycles. The number of rotatable bonds is 7. The summed E-state index contributed by atoms with van der Waals surface area (Å²) in [5, 5.41) is 3.32. The third-order valence-corrected chi connectivity index (χ3v) is 11.8. The van der Waals surface area contributed by atoms with Crippen molar-refractivity contribution in [3.63, 3.8) is 0 Å². The number of nitrogens with zero attached hydrogens (tertiary/aromatic N) is 5. The number of hydrogen-bond donors (Lipinski definition) is 0. The topological polar surface area (TPSA) is 69.6 Å². The van der Waals surface area contributed by atoms with Crippen LogP contribution in [0.5, 0.6) is 0 Å². The maximum atomic E-state index is 6.28. The van der Waals surface area contributed by atoms with E-state index < -0.39 is 8.07 Å². The number of aryl methyl sites for hydroxylation is 1. The predicted octanol–water partition coefficient (Wildman–Crippen LogP) is 11.4. The summed E-state index contributed by atoms with van der Waals surface area (Å²) in [6.45, 7) is 13.6. The summed E-state index contributed by atoms with van der Waals surface area (Å²) in [4.78, 5) is 18.6. The zero-order valence-corrected chi connectivity index (χ0v) is 35.9. The van der Waals surface area contributed by atoms with Gasteiger partial charge >= 0.3 is 0 Å². The zero-order valence-electron chi connectivity index (χ0n) is 32.5. The van der Waals surface area contributed by atoms with E-state index in [4.69, 9.17) is 9.40 Å². The Hall–Kier alpha value is -5.53. The molecule has 0 unspecified atom stereocenters. The molecule has 0 saturated carbocycles. The minimum Gasteiger partial charge on any atom is -0.486 e. The fourth-order valence-corrected chi connectivity index (χ4v) is 8.82. The molecule has 4 heterocycles. The van der Waals surface area contributed by atoms with Crippen molar-refractivity contribution < 1.29 is 24.5 Å². The molecule has 8 heteroatoms. The first-order chi connectivity index (χ1) is 26.7. The Bertz CT molecular complexity index is 2770. The minimum atomic E-state index is -1.34. The number of para-hydroxylation sites is 3. The van der Waals surface area contributed by atoms with Gasteiger partial charge < -0.3 is 14.0 Å². The molecule has 0 aliphatic heterocycles. The molecule has 0 saturated heterocycles. The number of aromatic nitrogens is 5. The number of fused-ring (bicyclic) bond motifs is 4. The number of benzene rings is 5. The van der Waals surface area contributed by atoms with Crippen LogP contribution in [-0.4, -0.2) is 32.6 Å². The smallest absolute Gasteiger partial charge is 0.219 e. The summed E-state index contributed by atoms with van der Waals surface area (Å²) in [7, 11) is -1.34. The van der Waals surface area contributed by atoms with Crippen LogP contribution in [0.25, 0.3) is 72.6 Å². The summed E-state index contributed by atoms with van der Waals surface area (Å²) >= 11 is 0. The van der Waals surface area contributed by atoms with Crippen LogP contribution in [0.15, 0.2) is 138 Å². The molecule has 281 valence electrons. The molecule has 9 aromatic rings. The minimum absolute atomic E-state index is 0. The molecule has 0 N–H and O–H groups in total. The van der Waals surface area contributed by atoms with E-state index in [0.717, 1.165) is 67.7 Å². The summed E-state index contributed by atoms with van der Waals surface area (Å²) in [5.74, 6) is 2.11. The molecule has 0 fully saturated rings. The third-order valence-electron chi connectivity index (χ3n) is 9.74. The van der Waals surface area contributed by atoms with Gasteiger partial charge in [-0.15, -0.1) is 54.1 Å². The number of pyridine rings is 1. The van der Waals surface area contributed by atoms with Crippen molar-refractivity contribution in [2.75, 3.05) is 0 Å². The Kier molecular flexibility index (Phi) is 11.3. The van der Waals surface area contributed by atoms with Crippen LogP contribution in [0, 0.1) is 25.0 Å². The van der Waals surface area contributed by atoms with Gasteiger partial charge in [0.15, 0.2) is 0 Å². The molecule has 6 nitrogen and oxygen atoms in total. The molecule has 56 heavy (non-hydrogen) atoms. The molecule has 5 aromatic carbocycles. The molecule has 0 aliphatic carbocycles. The van der Waals surface area contributed by atoms with Crippen molar-refractivity contribution in [2.24, 2.45) is 5.92 Å². The van der Waals surface area contributed by atoms with Crippen LogP contribution in [-0.2, 0) is 26.5 Å². The van der Waals surface area contributed by atoms with E-state index in [0.29, 0.717) is 23.0 Å². The van der Waals surface area contributed by atoms with E-state index in [2.05, 4.69) is 138 Å². The summed E-state index contributed by atoms with van der Waals surface area (Å²) in [6, 6.07) is 47.9. The molecule has 0 bridgehead atoms. The van der Waals surface area contributed by atoms with Crippen LogP contribution in [0.1, 0.15) is 25.2 Å². The largest absolute Gasteiger partial charge is 0.486 e. The molecular formula is C48H43IrN5OSi-2. The van der Waals surface area contributed by atoms with Gasteiger partial charge in [-0.3, -0.25) is 4.98 Å². The normalized spacial score (nSPS) is 11.5. The second kappa shape index (κ2) is 16.3.